The number of aliphatic carboxylic acids is 1. The number of methoxy groups -OCH3 is 3. The van der Waals surface area contributed by atoms with Crippen LogP contribution < -0.4 is 14.2 Å². The van der Waals surface area contributed by atoms with E-state index in [0.717, 1.165) is 36.8 Å². The Morgan fingerprint density at radius 3 is 1.91 bits per heavy atom. The van der Waals surface area contributed by atoms with Crippen molar-refractivity contribution in [3.63, 3.8) is 0 Å². The van der Waals surface area contributed by atoms with Gasteiger partial charge in [-0.2, -0.15) is 0 Å². The van der Waals surface area contributed by atoms with Crippen LogP contribution in [0.25, 0.3) is 0 Å². The molecule has 0 aliphatic carbocycles. The van der Waals surface area contributed by atoms with Crippen LogP contribution in [0.1, 0.15) is 66.4 Å². The van der Waals surface area contributed by atoms with Gasteiger partial charge in [-0.15, -0.1) is 0 Å². The SMILES string of the molecule is COc1cc(C(=O)C(=O)N2CCCC[C@@]2(C(=O)O)C(CCCc2cccnc2)CCCc2cccnc2)cc(OC)c1OC. The number of ether oxygens (including phenoxy) is 3. The van der Waals surface area contributed by atoms with Crippen molar-refractivity contribution in [1.29, 1.82) is 0 Å². The van der Waals surface area contributed by atoms with Crippen LogP contribution in [-0.4, -0.2) is 71.0 Å². The van der Waals surface area contributed by atoms with Gasteiger partial charge in [-0.05, 0) is 99.1 Å². The number of Topliss-reactive ketones (excluding diaryl/α,β-unsaturated/α-hetero) is 1. The highest BCUT2D eigenvalue weighted by Gasteiger charge is 2.54. The van der Waals surface area contributed by atoms with Gasteiger partial charge < -0.3 is 24.2 Å². The summed E-state index contributed by atoms with van der Waals surface area (Å²) in [6.07, 6.45) is 12.7. The summed E-state index contributed by atoms with van der Waals surface area (Å²) in [5.74, 6) is -2.35. The van der Waals surface area contributed by atoms with E-state index in [0.29, 0.717) is 31.4 Å². The zero-order valence-corrected chi connectivity index (χ0v) is 25.7. The molecule has 10 nitrogen and oxygen atoms in total. The molecule has 0 bridgehead atoms. The fourth-order valence-corrected chi connectivity index (χ4v) is 6.38. The molecular weight excluding hydrogens is 562 g/mol. The smallest absolute Gasteiger partial charge is 0.329 e. The molecule has 0 spiro atoms. The molecule has 1 atom stereocenters. The largest absolute Gasteiger partial charge is 0.493 e. The van der Waals surface area contributed by atoms with Gasteiger partial charge in [0.15, 0.2) is 11.5 Å². The number of ketones is 1. The van der Waals surface area contributed by atoms with Crippen molar-refractivity contribution in [2.24, 2.45) is 5.92 Å². The monoisotopic (exact) mass is 603 g/mol. The molecule has 4 rings (SSSR count). The van der Waals surface area contributed by atoms with Gasteiger partial charge in [-0.25, -0.2) is 4.79 Å². The van der Waals surface area contributed by atoms with E-state index in [2.05, 4.69) is 9.97 Å². The number of piperidine rings is 1. The van der Waals surface area contributed by atoms with Gasteiger partial charge in [-0.1, -0.05) is 12.1 Å². The van der Waals surface area contributed by atoms with E-state index in [9.17, 15) is 19.5 Å². The third-order valence-electron chi connectivity index (χ3n) is 8.56. The molecule has 2 aromatic heterocycles. The van der Waals surface area contributed by atoms with E-state index < -0.39 is 23.2 Å². The van der Waals surface area contributed by atoms with Gasteiger partial charge in [0.1, 0.15) is 5.54 Å². The van der Waals surface area contributed by atoms with Gasteiger partial charge in [0.25, 0.3) is 11.7 Å². The van der Waals surface area contributed by atoms with Crippen LogP contribution >= 0.6 is 0 Å². The van der Waals surface area contributed by atoms with Crippen molar-refractivity contribution in [1.82, 2.24) is 14.9 Å². The molecule has 0 unspecified atom stereocenters. The Labute approximate surface area is 258 Å². The Kier molecular flexibility index (Phi) is 11.3. The van der Waals surface area contributed by atoms with Crippen LogP contribution in [0.5, 0.6) is 17.2 Å². The van der Waals surface area contributed by atoms with Crippen LogP contribution in [0.4, 0.5) is 0 Å². The number of aryl methyl sites for hydroxylation is 2. The number of likely N-dealkylation sites (tertiary alicyclic amines) is 1. The highest BCUT2D eigenvalue weighted by molar-refractivity contribution is 6.43. The van der Waals surface area contributed by atoms with Crippen molar-refractivity contribution in [3.8, 4) is 17.2 Å². The summed E-state index contributed by atoms with van der Waals surface area (Å²) >= 11 is 0. The quantitative estimate of drug-likeness (QED) is 0.185. The van der Waals surface area contributed by atoms with Crippen molar-refractivity contribution in [2.75, 3.05) is 27.9 Å². The topological polar surface area (TPSA) is 128 Å². The molecular formula is C34H41N3O7. The number of hydrogen-bond donors (Lipinski definition) is 1. The Hall–Kier alpha value is -4.47. The van der Waals surface area contributed by atoms with Gasteiger partial charge >= 0.3 is 5.97 Å². The third kappa shape index (κ3) is 7.18. The second kappa shape index (κ2) is 15.3. The highest BCUT2D eigenvalue weighted by Crippen LogP contribution is 2.42. The molecule has 44 heavy (non-hydrogen) atoms. The summed E-state index contributed by atoms with van der Waals surface area (Å²) in [7, 11) is 4.30. The summed E-state index contributed by atoms with van der Waals surface area (Å²) in [6.45, 7) is 0.184. The summed E-state index contributed by atoms with van der Waals surface area (Å²) in [6, 6.07) is 10.6. The first-order chi connectivity index (χ1) is 21.3. The molecule has 1 aliphatic heterocycles. The summed E-state index contributed by atoms with van der Waals surface area (Å²) in [5.41, 5.74) is 0.662. The lowest BCUT2D eigenvalue weighted by Gasteiger charge is -2.48. The molecule has 1 N–H and O–H groups in total. The summed E-state index contributed by atoms with van der Waals surface area (Å²) < 4.78 is 16.1. The van der Waals surface area contributed by atoms with Crippen LogP contribution in [-0.2, 0) is 22.4 Å². The third-order valence-corrected chi connectivity index (χ3v) is 8.56. The fourth-order valence-electron chi connectivity index (χ4n) is 6.38. The molecule has 234 valence electrons. The Morgan fingerprint density at radius 2 is 1.45 bits per heavy atom. The van der Waals surface area contributed by atoms with E-state index >= 15 is 0 Å². The number of carbonyl (C=O) groups excluding carboxylic acids is 2. The van der Waals surface area contributed by atoms with Gasteiger partial charge in [0.05, 0.1) is 21.3 Å². The zero-order valence-electron chi connectivity index (χ0n) is 25.7. The van der Waals surface area contributed by atoms with Gasteiger partial charge in [-0.3, -0.25) is 19.6 Å². The van der Waals surface area contributed by atoms with E-state index in [-0.39, 0.29) is 35.9 Å². The number of amides is 1. The fraction of sp³-hybridized carbons (Fsp3) is 0.441. The summed E-state index contributed by atoms with van der Waals surface area (Å²) in [5, 5.41) is 10.9. The molecule has 0 radical (unpaired) electrons. The first-order valence-corrected chi connectivity index (χ1v) is 15.0. The van der Waals surface area contributed by atoms with E-state index in [1.165, 1.54) is 38.4 Å². The lowest BCUT2D eigenvalue weighted by molar-refractivity contribution is -0.166. The van der Waals surface area contributed by atoms with Crippen molar-refractivity contribution < 1.29 is 33.7 Å². The molecule has 1 amide bonds. The van der Waals surface area contributed by atoms with Crippen LogP contribution in [0.3, 0.4) is 0 Å². The predicted molar refractivity (Wildman–Crippen MR) is 164 cm³/mol. The van der Waals surface area contributed by atoms with E-state index in [1.54, 1.807) is 12.4 Å². The standard InChI is InChI=1S/C34H41N3O7/c1-42-28-20-26(21-29(43-2)31(28)44-3)30(38)32(39)37-19-5-4-16-34(37,33(40)41)27(14-6-10-24-12-8-17-35-22-24)15-7-11-25-13-9-18-36-23-25/h8-9,12-13,17-18,20-23,27H,4-7,10-11,14-16,19H2,1-3H3,(H,40,41)/t34-/m0/s1. The molecule has 1 aliphatic rings. The Morgan fingerprint density at radius 1 is 0.886 bits per heavy atom. The molecule has 1 aromatic carbocycles. The average molecular weight is 604 g/mol. The number of hydrogen-bond acceptors (Lipinski definition) is 8. The number of aromatic nitrogens is 2. The number of rotatable bonds is 15. The maximum absolute atomic E-state index is 14.1. The minimum absolute atomic E-state index is 0.0408. The Balaban J connectivity index is 1.66. The minimum atomic E-state index is -1.52. The lowest BCUT2D eigenvalue weighted by atomic mass is 9.71. The van der Waals surface area contributed by atoms with E-state index in [4.69, 9.17) is 14.2 Å². The second-order valence-electron chi connectivity index (χ2n) is 11.1. The lowest BCUT2D eigenvalue weighted by Crippen LogP contribution is -2.64. The number of carbonyl (C=O) groups is 3. The van der Waals surface area contributed by atoms with Gasteiger partial charge in [0, 0.05) is 36.9 Å². The van der Waals surface area contributed by atoms with Crippen LogP contribution in [0.2, 0.25) is 0 Å². The maximum Gasteiger partial charge on any atom is 0.329 e. The van der Waals surface area contributed by atoms with Crippen LogP contribution in [0, 0.1) is 5.92 Å². The molecule has 0 saturated carbocycles. The predicted octanol–water partition coefficient (Wildman–Crippen LogP) is 5.18. The van der Waals surface area contributed by atoms with Crippen molar-refractivity contribution in [2.45, 2.75) is 63.3 Å². The molecule has 1 saturated heterocycles. The highest BCUT2D eigenvalue weighted by atomic mass is 16.5. The number of carboxylic acids is 1. The second-order valence-corrected chi connectivity index (χ2v) is 11.1. The first kappa shape index (κ1) is 32.4. The summed E-state index contributed by atoms with van der Waals surface area (Å²) in [4.78, 5) is 50.9. The number of carboxylic acid groups (broad SMARTS) is 1. The number of benzene rings is 1. The number of nitrogens with zero attached hydrogens (tertiary/aromatic N) is 3. The van der Waals surface area contributed by atoms with Crippen LogP contribution in [0.15, 0.2) is 61.2 Å². The maximum atomic E-state index is 14.1. The number of pyridine rings is 2. The zero-order chi connectivity index (χ0) is 31.5. The molecule has 10 heteroatoms. The normalized spacial score (nSPS) is 16.4. The molecule has 3 aromatic rings. The first-order valence-electron chi connectivity index (χ1n) is 15.0. The average Bonchev–Trinajstić information content (AvgIpc) is 3.06. The van der Waals surface area contributed by atoms with Crippen molar-refractivity contribution >= 4 is 17.7 Å². The Bertz CT molecular complexity index is 1350. The van der Waals surface area contributed by atoms with E-state index in [1.807, 2.05) is 36.7 Å². The molecule has 3 heterocycles. The molecule has 1 fully saturated rings. The minimum Gasteiger partial charge on any atom is -0.493 e. The van der Waals surface area contributed by atoms with Crippen molar-refractivity contribution in [3.05, 3.63) is 77.9 Å². The van der Waals surface area contributed by atoms with Gasteiger partial charge in [0.2, 0.25) is 5.75 Å².